The number of aromatic nitrogens is 1. The van der Waals surface area contributed by atoms with Crippen molar-refractivity contribution in [2.75, 3.05) is 0 Å². The molecule has 0 atom stereocenters. The van der Waals surface area contributed by atoms with Gasteiger partial charge in [-0.25, -0.2) is 4.79 Å². The molecule has 0 radical (unpaired) electrons. The number of carboxylic acids is 1. The second-order valence-corrected chi connectivity index (χ2v) is 4.39. The van der Waals surface area contributed by atoms with Crippen LogP contribution in [0.3, 0.4) is 0 Å². The number of rotatable bonds is 2. The van der Waals surface area contributed by atoms with Crippen LogP contribution in [0, 0.1) is 0 Å². The minimum Gasteiger partial charge on any atom is -0.478 e. The minimum atomic E-state index is -0.992. The van der Waals surface area contributed by atoms with E-state index < -0.39 is 5.97 Å². The molecule has 0 saturated carbocycles. The van der Waals surface area contributed by atoms with Gasteiger partial charge in [-0.15, -0.1) is 0 Å². The smallest absolute Gasteiger partial charge is 0.336 e. The lowest BCUT2D eigenvalue weighted by atomic mass is 10.0. The fourth-order valence-corrected chi connectivity index (χ4v) is 2.26. The van der Waals surface area contributed by atoms with Gasteiger partial charge in [0, 0.05) is 18.8 Å². The van der Waals surface area contributed by atoms with Crippen LogP contribution in [0.5, 0.6) is 0 Å². The van der Waals surface area contributed by atoms with Crippen molar-refractivity contribution in [1.29, 1.82) is 0 Å². The van der Waals surface area contributed by atoms with Gasteiger partial charge in [-0.3, -0.25) is 0 Å². The Bertz CT molecular complexity index is 590. The first-order valence-corrected chi connectivity index (χ1v) is 5.61. The highest BCUT2D eigenvalue weighted by molar-refractivity contribution is 6.43. The fourth-order valence-electron chi connectivity index (χ4n) is 1.74. The Hall–Kier alpha value is -1.45. The SMILES string of the molecule is Cn1cc(Cl)c(Cl)c1-c1ccccc1C(=O)O. The van der Waals surface area contributed by atoms with Crippen LogP contribution >= 0.6 is 23.2 Å². The van der Waals surface area contributed by atoms with Crippen LogP contribution in [0.15, 0.2) is 30.5 Å². The Kier molecular flexibility index (Phi) is 3.13. The summed E-state index contributed by atoms with van der Waals surface area (Å²) in [5.74, 6) is -0.992. The lowest BCUT2D eigenvalue weighted by molar-refractivity contribution is 0.0697. The van der Waals surface area contributed by atoms with Crippen LogP contribution in [-0.4, -0.2) is 15.6 Å². The molecule has 0 amide bonds. The summed E-state index contributed by atoms with van der Waals surface area (Å²) in [5.41, 5.74) is 1.36. The molecule has 0 spiro atoms. The summed E-state index contributed by atoms with van der Waals surface area (Å²) in [7, 11) is 1.77. The molecule has 0 aliphatic carbocycles. The van der Waals surface area contributed by atoms with E-state index in [1.165, 1.54) is 6.07 Å². The van der Waals surface area contributed by atoms with E-state index in [-0.39, 0.29) is 5.56 Å². The summed E-state index contributed by atoms with van der Waals surface area (Å²) in [4.78, 5) is 11.1. The summed E-state index contributed by atoms with van der Waals surface area (Å²) in [6.45, 7) is 0. The molecule has 0 unspecified atom stereocenters. The Morgan fingerprint density at radius 1 is 1.29 bits per heavy atom. The summed E-state index contributed by atoms with van der Waals surface area (Å²) in [6.07, 6.45) is 1.65. The molecule has 0 aliphatic heterocycles. The Labute approximate surface area is 108 Å². The predicted molar refractivity (Wildman–Crippen MR) is 67.8 cm³/mol. The van der Waals surface area contributed by atoms with Gasteiger partial charge in [0.05, 0.1) is 21.3 Å². The first kappa shape index (κ1) is 12.0. The zero-order valence-electron chi connectivity index (χ0n) is 8.95. The number of carboxylic acid groups (broad SMARTS) is 1. The van der Waals surface area contributed by atoms with Crippen LogP contribution in [-0.2, 0) is 7.05 Å². The zero-order valence-corrected chi connectivity index (χ0v) is 10.5. The third kappa shape index (κ3) is 2.04. The fraction of sp³-hybridized carbons (Fsp3) is 0.0833. The van der Waals surface area contributed by atoms with Crippen molar-refractivity contribution in [3.8, 4) is 11.3 Å². The van der Waals surface area contributed by atoms with E-state index in [4.69, 9.17) is 28.3 Å². The second-order valence-electron chi connectivity index (χ2n) is 3.60. The van der Waals surface area contributed by atoms with E-state index in [1.807, 2.05) is 0 Å². The average molecular weight is 270 g/mol. The van der Waals surface area contributed by atoms with Crippen molar-refractivity contribution >= 4 is 29.2 Å². The Balaban J connectivity index is 2.72. The molecule has 0 fully saturated rings. The second kappa shape index (κ2) is 4.43. The molecular weight excluding hydrogens is 261 g/mol. The number of carbonyl (C=O) groups is 1. The normalized spacial score (nSPS) is 10.5. The number of halogens is 2. The maximum Gasteiger partial charge on any atom is 0.336 e. The first-order valence-electron chi connectivity index (χ1n) is 4.85. The van der Waals surface area contributed by atoms with Crippen molar-refractivity contribution in [2.24, 2.45) is 7.05 Å². The molecule has 1 N–H and O–H groups in total. The molecule has 0 aliphatic rings. The molecule has 2 aromatic rings. The largest absolute Gasteiger partial charge is 0.478 e. The monoisotopic (exact) mass is 269 g/mol. The van der Waals surface area contributed by atoms with Crippen molar-refractivity contribution in [3.63, 3.8) is 0 Å². The van der Waals surface area contributed by atoms with Gasteiger partial charge in [-0.1, -0.05) is 41.4 Å². The van der Waals surface area contributed by atoms with Crippen LogP contribution in [0.1, 0.15) is 10.4 Å². The highest BCUT2D eigenvalue weighted by atomic mass is 35.5. The maximum absolute atomic E-state index is 11.1. The number of hydrogen-bond acceptors (Lipinski definition) is 1. The molecule has 0 bridgehead atoms. The highest BCUT2D eigenvalue weighted by Crippen LogP contribution is 2.36. The van der Waals surface area contributed by atoms with Crippen LogP contribution in [0.4, 0.5) is 0 Å². The van der Waals surface area contributed by atoms with E-state index in [0.29, 0.717) is 21.3 Å². The van der Waals surface area contributed by atoms with Gasteiger partial charge in [0.2, 0.25) is 0 Å². The topological polar surface area (TPSA) is 42.2 Å². The number of nitrogens with zero attached hydrogens (tertiary/aromatic N) is 1. The predicted octanol–water partition coefficient (Wildman–Crippen LogP) is 3.70. The van der Waals surface area contributed by atoms with Gasteiger partial charge in [-0.2, -0.15) is 0 Å². The molecule has 0 saturated heterocycles. The standard InChI is InChI=1S/C12H9Cl2NO2/c1-15-6-9(13)10(14)11(15)7-4-2-3-5-8(7)12(16)17/h2-6H,1H3,(H,16,17). The molecule has 1 aromatic carbocycles. The van der Waals surface area contributed by atoms with Crippen molar-refractivity contribution in [3.05, 3.63) is 46.1 Å². The average Bonchev–Trinajstić information content (AvgIpc) is 2.53. The van der Waals surface area contributed by atoms with Crippen molar-refractivity contribution in [1.82, 2.24) is 4.57 Å². The summed E-state index contributed by atoms with van der Waals surface area (Å²) >= 11 is 12.0. The summed E-state index contributed by atoms with van der Waals surface area (Å²) < 4.78 is 1.71. The number of aryl methyl sites for hydroxylation is 1. The van der Waals surface area contributed by atoms with Crippen molar-refractivity contribution in [2.45, 2.75) is 0 Å². The van der Waals surface area contributed by atoms with E-state index in [1.54, 1.807) is 36.0 Å². The summed E-state index contributed by atoms with van der Waals surface area (Å²) in [6, 6.07) is 6.68. The third-order valence-corrected chi connectivity index (χ3v) is 3.26. The Morgan fingerprint density at radius 2 is 1.94 bits per heavy atom. The van der Waals surface area contributed by atoms with E-state index in [0.717, 1.165) is 0 Å². The van der Waals surface area contributed by atoms with Gasteiger partial charge in [0.15, 0.2) is 0 Å². The zero-order chi connectivity index (χ0) is 12.6. The van der Waals surface area contributed by atoms with Gasteiger partial charge in [0.1, 0.15) is 0 Å². The van der Waals surface area contributed by atoms with E-state index in [9.17, 15) is 4.79 Å². The highest BCUT2D eigenvalue weighted by Gasteiger charge is 2.18. The maximum atomic E-state index is 11.1. The first-order chi connectivity index (χ1) is 8.02. The van der Waals surface area contributed by atoms with E-state index in [2.05, 4.69) is 0 Å². The molecule has 3 nitrogen and oxygen atoms in total. The third-order valence-electron chi connectivity index (χ3n) is 2.49. The molecule has 1 heterocycles. The van der Waals surface area contributed by atoms with Gasteiger partial charge in [0.25, 0.3) is 0 Å². The molecule has 88 valence electrons. The van der Waals surface area contributed by atoms with Crippen molar-refractivity contribution < 1.29 is 9.90 Å². The van der Waals surface area contributed by atoms with Crippen LogP contribution < -0.4 is 0 Å². The van der Waals surface area contributed by atoms with Gasteiger partial charge >= 0.3 is 5.97 Å². The number of aromatic carboxylic acids is 1. The van der Waals surface area contributed by atoms with Crippen LogP contribution in [0.2, 0.25) is 10.0 Å². The number of benzene rings is 1. The molecular formula is C12H9Cl2NO2. The quantitative estimate of drug-likeness (QED) is 0.904. The summed E-state index contributed by atoms with van der Waals surface area (Å²) in [5, 5.41) is 9.90. The lowest BCUT2D eigenvalue weighted by Gasteiger charge is -2.07. The molecule has 2 rings (SSSR count). The van der Waals surface area contributed by atoms with Crippen LogP contribution in [0.25, 0.3) is 11.3 Å². The van der Waals surface area contributed by atoms with E-state index >= 15 is 0 Å². The Morgan fingerprint density at radius 3 is 2.47 bits per heavy atom. The van der Waals surface area contributed by atoms with Gasteiger partial charge < -0.3 is 9.67 Å². The lowest BCUT2D eigenvalue weighted by Crippen LogP contribution is -2.01. The minimum absolute atomic E-state index is 0.201. The molecule has 1 aromatic heterocycles. The molecule has 5 heteroatoms. The molecule has 17 heavy (non-hydrogen) atoms. The van der Waals surface area contributed by atoms with Gasteiger partial charge in [-0.05, 0) is 6.07 Å². The number of hydrogen-bond donors (Lipinski definition) is 1.